The van der Waals surface area contributed by atoms with Crippen LogP contribution in [0.25, 0.3) is 32.9 Å². The molecule has 2 saturated heterocycles. The number of carbonyl (C=O) groups is 1. The summed E-state index contributed by atoms with van der Waals surface area (Å²) < 4.78 is 53.0. The SMILES string of the molecule is C#Cc1c(F)ccc2cc(O)cc(-c3ncc4c(N(C)C[C@@H]5CCCN5C(=O)C=C)nc(OC[C@]5(C)C[C@@H](F)CN5c5ccccn5)nc4c3F)c12. The monoisotopic (exact) mass is 707 g/mol. The van der Waals surface area contributed by atoms with E-state index in [0.29, 0.717) is 24.3 Å². The highest BCUT2D eigenvalue weighted by Gasteiger charge is 2.44. The van der Waals surface area contributed by atoms with Gasteiger partial charge >= 0.3 is 6.01 Å². The summed E-state index contributed by atoms with van der Waals surface area (Å²) in [6.07, 6.45) is 10.6. The van der Waals surface area contributed by atoms with E-state index in [1.807, 2.05) is 17.9 Å². The highest BCUT2D eigenvalue weighted by atomic mass is 19.1. The number of aromatic hydroxyl groups is 1. The lowest BCUT2D eigenvalue weighted by Gasteiger charge is -2.35. The summed E-state index contributed by atoms with van der Waals surface area (Å²) >= 11 is 0. The molecule has 0 radical (unpaired) electrons. The van der Waals surface area contributed by atoms with Gasteiger partial charge in [-0.3, -0.25) is 9.78 Å². The van der Waals surface area contributed by atoms with Crippen molar-refractivity contribution in [1.82, 2.24) is 24.8 Å². The zero-order valence-electron chi connectivity index (χ0n) is 28.7. The second kappa shape index (κ2) is 13.7. The maximum atomic E-state index is 17.0. The average molecular weight is 708 g/mol. The van der Waals surface area contributed by atoms with Gasteiger partial charge in [-0.25, -0.2) is 18.2 Å². The van der Waals surface area contributed by atoms with Crippen LogP contribution >= 0.6 is 0 Å². The summed E-state index contributed by atoms with van der Waals surface area (Å²) in [4.78, 5) is 36.1. The van der Waals surface area contributed by atoms with Crippen molar-refractivity contribution in [2.45, 2.75) is 43.9 Å². The van der Waals surface area contributed by atoms with Gasteiger partial charge in [0, 0.05) is 55.9 Å². The third kappa shape index (κ3) is 6.18. The number of phenols is 1. The number of nitrogens with zero attached hydrogens (tertiary/aromatic N) is 7. The molecule has 2 aliphatic rings. The minimum atomic E-state index is -1.14. The standard InChI is InChI=1S/C39H36F3N7O3/c1-5-27-30(41)13-12-23-16-26(50)17-28(33(23)27)35-34(42)36-29(19-44-35)37(47(4)21-25-10-9-15-48(25)32(51)6-2)46-38(45-36)52-22-39(3)18-24(40)20-49(39)31-11-7-8-14-43-31/h1,6-8,11-14,16-17,19,24-25,50H,2,9-10,15,18,20-22H2,3-4H3/t24-,25+,39+/m1/s1. The first-order valence-corrected chi connectivity index (χ1v) is 16.9. The van der Waals surface area contributed by atoms with Crippen molar-refractivity contribution in [3.05, 3.63) is 84.7 Å². The van der Waals surface area contributed by atoms with Gasteiger partial charge < -0.3 is 24.5 Å². The number of ether oxygens (including phenoxy) is 1. The van der Waals surface area contributed by atoms with Crippen LogP contribution in [0.1, 0.15) is 31.7 Å². The molecular formula is C39H36F3N7O3. The van der Waals surface area contributed by atoms with Crippen molar-refractivity contribution in [1.29, 1.82) is 0 Å². The van der Waals surface area contributed by atoms with E-state index in [1.165, 1.54) is 36.5 Å². The number of anilines is 2. The number of likely N-dealkylation sites (tertiary alicyclic amines) is 1. The number of fused-ring (bicyclic) bond motifs is 2. The summed E-state index contributed by atoms with van der Waals surface area (Å²) in [5, 5.41) is 11.4. The van der Waals surface area contributed by atoms with E-state index in [2.05, 4.69) is 27.5 Å². The molecule has 5 aromatic rings. The normalized spacial score (nSPS) is 20.0. The second-order valence-electron chi connectivity index (χ2n) is 13.5. The molecule has 3 atom stereocenters. The number of hydrogen-bond acceptors (Lipinski definition) is 9. The molecule has 13 heteroatoms. The van der Waals surface area contributed by atoms with Crippen LogP contribution in [0.3, 0.4) is 0 Å². The van der Waals surface area contributed by atoms with Gasteiger partial charge in [0.1, 0.15) is 47.2 Å². The molecule has 5 heterocycles. The first-order valence-electron chi connectivity index (χ1n) is 16.9. The molecule has 3 aromatic heterocycles. The third-order valence-electron chi connectivity index (χ3n) is 9.91. The number of benzene rings is 2. The van der Waals surface area contributed by atoms with Gasteiger partial charge in [-0.2, -0.15) is 9.97 Å². The molecule has 10 nitrogen and oxygen atoms in total. The number of carbonyl (C=O) groups excluding carboxylic acids is 1. The molecule has 1 N–H and O–H groups in total. The van der Waals surface area contributed by atoms with Crippen molar-refractivity contribution in [3.8, 4) is 35.4 Å². The number of amides is 1. The largest absolute Gasteiger partial charge is 0.508 e. The zero-order chi connectivity index (χ0) is 36.7. The molecule has 7 rings (SSSR count). The Hall–Kier alpha value is -5.90. The lowest BCUT2D eigenvalue weighted by atomic mass is 9.96. The number of pyridine rings is 2. The predicted molar refractivity (Wildman–Crippen MR) is 193 cm³/mol. The van der Waals surface area contributed by atoms with Crippen LogP contribution < -0.4 is 14.5 Å². The number of terminal acetylenes is 1. The van der Waals surface area contributed by atoms with Crippen LogP contribution in [0.4, 0.5) is 24.8 Å². The summed E-state index contributed by atoms with van der Waals surface area (Å²) in [6, 6.07) is 10.4. The van der Waals surface area contributed by atoms with Crippen molar-refractivity contribution >= 4 is 39.2 Å². The molecule has 2 fully saturated rings. The Morgan fingerprint density at radius 2 is 2.06 bits per heavy atom. The fraction of sp³-hybridized carbons (Fsp3) is 0.308. The van der Waals surface area contributed by atoms with Crippen LogP contribution in [-0.2, 0) is 4.79 Å². The number of hydrogen-bond donors (Lipinski definition) is 1. The number of likely N-dealkylation sites (N-methyl/N-ethyl adjacent to an activating group) is 1. The average Bonchev–Trinajstić information content (AvgIpc) is 3.73. The maximum Gasteiger partial charge on any atom is 0.319 e. The molecule has 0 bridgehead atoms. The molecule has 52 heavy (non-hydrogen) atoms. The highest BCUT2D eigenvalue weighted by Crippen LogP contribution is 2.40. The Labute approximate surface area is 298 Å². The molecule has 0 unspecified atom stereocenters. The molecular weight excluding hydrogens is 671 g/mol. The third-order valence-corrected chi connectivity index (χ3v) is 9.91. The second-order valence-corrected chi connectivity index (χ2v) is 13.5. The fourth-order valence-corrected chi connectivity index (χ4v) is 7.46. The smallest absolute Gasteiger partial charge is 0.319 e. The van der Waals surface area contributed by atoms with Crippen molar-refractivity contribution in [2.75, 3.05) is 43.1 Å². The summed E-state index contributed by atoms with van der Waals surface area (Å²) in [7, 11) is 1.77. The van der Waals surface area contributed by atoms with Crippen LogP contribution in [0, 0.1) is 24.0 Å². The Morgan fingerprint density at radius 1 is 1.23 bits per heavy atom. The van der Waals surface area contributed by atoms with Gasteiger partial charge in [0.2, 0.25) is 5.91 Å². The van der Waals surface area contributed by atoms with E-state index >= 15 is 4.39 Å². The van der Waals surface area contributed by atoms with Gasteiger partial charge in [0.25, 0.3) is 0 Å². The van der Waals surface area contributed by atoms with Crippen LogP contribution in [-0.4, -0.2) is 86.9 Å². The lowest BCUT2D eigenvalue weighted by molar-refractivity contribution is -0.126. The van der Waals surface area contributed by atoms with E-state index in [1.54, 1.807) is 35.2 Å². The molecule has 0 aliphatic carbocycles. The summed E-state index contributed by atoms with van der Waals surface area (Å²) in [6.45, 7) is 6.49. The van der Waals surface area contributed by atoms with Gasteiger partial charge in [-0.15, -0.1) is 6.42 Å². The topological polar surface area (TPSA) is 108 Å². The van der Waals surface area contributed by atoms with Crippen molar-refractivity contribution in [3.63, 3.8) is 0 Å². The number of rotatable bonds is 9. The molecule has 0 spiro atoms. The number of alkyl halides is 1. The minimum Gasteiger partial charge on any atom is -0.508 e. The van der Waals surface area contributed by atoms with Crippen molar-refractivity contribution < 1.29 is 27.8 Å². The highest BCUT2D eigenvalue weighted by molar-refractivity contribution is 6.03. The Balaban J connectivity index is 1.34. The zero-order valence-corrected chi connectivity index (χ0v) is 28.7. The maximum absolute atomic E-state index is 17.0. The molecule has 2 aliphatic heterocycles. The lowest BCUT2D eigenvalue weighted by Crippen LogP contribution is -2.46. The molecule has 2 aromatic carbocycles. The first kappa shape index (κ1) is 34.5. The van der Waals surface area contributed by atoms with Crippen LogP contribution in [0.5, 0.6) is 11.8 Å². The van der Waals surface area contributed by atoms with E-state index in [0.717, 1.165) is 12.8 Å². The molecule has 0 saturated carbocycles. The number of phenolic OH excluding ortho intramolecular Hbond substituents is 1. The van der Waals surface area contributed by atoms with Gasteiger partial charge in [0.05, 0.1) is 23.0 Å². The Kier molecular flexibility index (Phi) is 9.08. The van der Waals surface area contributed by atoms with Gasteiger partial charge in [0.15, 0.2) is 5.82 Å². The first-order chi connectivity index (χ1) is 25.0. The van der Waals surface area contributed by atoms with Crippen molar-refractivity contribution in [2.24, 2.45) is 0 Å². The van der Waals surface area contributed by atoms with Crippen LogP contribution in [0.2, 0.25) is 0 Å². The summed E-state index contributed by atoms with van der Waals surface area (Å²) in [5.74, 6) is 1.27. The molecule has 1 amide bonds. The van der Waals surface area contributed by atoms with Gasteiger partial charge in [-0.05, 0) is 61.6 Å². The van der Waals surface area contributed by atoms with E-state index in [9.17, 15) is 18.7 Å². The Morgan fingerprint density at radius 3 is 2.81 bits per heavy atom. The number of halogens is 3. The molecule has 266 valence electrons. The van der Waals surface area contributed by atoms with E-state index in [4.69, 9.17) is 16.1 Å². The summed E-state index contributed by atoms with van der Waals surface area (Å²) in [5.41, 5.74) is -1.26. The van der Waals surface area contributed by atoms with E-state index in [-0.39, 0.29) is 82.2 Å². The number of aromatic nitrogens is 4. The fourth-order valence-electron chi connectivity index (χ4n) is 7.46. The minimum absolute atomic E-state index is 0.0511. The van der Waals surface area contributed by atoms with E-state index < -0.39 is 23.3 Å². The predicted octanol–water partition coefficient (Wildman–Crippen LogP) is 6.20. The van der Waals surface area contributed by atoms with Gasteiger partial charge in [-0.1, -0.05) is 24.6 Å². The van der Waals surface area contributed by atoms with Crippen LogP contribution in [0.15, 0.2) is 67.5 Å². The Bertz CT molecular complexity index is 2250. The quantitative estimate of drug-likeness (QED) is 0.142.